The van der Waals surface area contributed by atoms with E-state index >= 15 is 0 Å². The van der Waals surface area contributed by atoms with Gasteiger partial charge in [-0.15, -0.1) is 0 Å². The zero-order chi connectivity index (χ0) is 24.6. The highest BCUT2D eigenvalue weighted by Crippen LogP contribution is 2.34. The van der Waals surface area contributed by atoms with Crippen LogP contribution < -0.4 is 14.2 Å². The molecule has 0 radical (unpaired) electrons. The smallest absolute Gasteiger partial charge is 0.243 e. The third-order valence-corrected chi connectivity index (χ3v) is 9.45. The Bertz CT molecular complexity index is 1220. The number of piperazine rings is 1. The van der Waals surface area contributed by atoms with Gasteiger partial charge in [-0.2, -0.15) is 8.61 Å². The molecular formula is C21H27FN2O7S2. The van der Waals surface area contributed by atoms with Crippen molar-refractivity contribution in [1.82, 2.24) is 8.61 Å². The first-order valence-electron chi connectivity index (χ1n) is 10.1. The number of hydrogen-bond acceptors (Lipinski definition) is 7. The van der Waals surface area contributed by atoms with Gasteiger partial charge in [0.2, 0.25) is 20.0 Å². The monoisotopic (exact) mass is 502 g/mol. The minimum Gasteiger partial charge on any atom is -0.494 e. The van der Waals surface area contributed by atoms with Gasteiger partial charge in [0.05, 0.1) is 31.1 Å². The van der Waals surface area contributed by atoms with Crippen LogP contribution in [0, 0.1) is 5.82 Å². The highest BCUT2D eigenvalue weighted by Gasteiger charge is 2.42. The fraction of sp³-hybridized carbons (Fsp3) is 0.429. The third-order valence-electron chi connectivity index (χ3n) is 5.50. The van der Waals surface area contributed by atoms with Gasteiger partial charge in [-0.05, 0) is 44.2 Å². The van der Waals surface area contributed by atoms with Gasteiger partial charge in [0.15, 0.2) is 23.1 Å². The SMILES string of the molecule is COc1ccc(S(=O)(=O)N2C[C@@H](C)N(S(=O)(=O)c3ccc(OC)c(OC)c3)[C@@H](C)C2)cc1F. The summed E-state index contributed by atoms with van der Waals surface area (Å²) in [6, 6.07) is 6.34. The molecule has 2 aromatic rings. The predicted octanol–water partition coefficient (Wildman–Crippen LogP) is 2.32. The van der Waals surface area contributed by atoms with Crippen LogP contribution in [-0.4, -0.2) is 71.9 Å². The Hall–Kier alpha value is -2.41. The molecule has 0 amide bonds. The van der Waals surface area contributed by atoms with Crippen LogP contribution in [0.4, 0.5) is 4.39 Å². The molecule has 0 bridgehead atoms. The summed E-state index contributed by atoms with van der Waals surface area (Å²) in [5.41, 5.74) is 0. The predicted molar refractivity (Wildman–Crippen MR) is 119 cm³/mol. The van der Waals surface area contributed by atoms with E-state index in [9.17, 15) is 21.2 Å². The maximum atomic E-state index is 14.1. The zero-order valence-corrected chi connectivity index (χ0v) is 20.6. The lowest BCUT2D eigenvalue weighted by atomic mass is 10.2. The van der Waals surface area contributed by atoms with Crippen molar-refractivity contribution in [2.75, 3.05) is 34.4 Å². The molecule has 0 unspecified atom stereocenters. The summed E-state index contributed by atoms with van der Waals surface area (Å²) in [6.45, 7) is 3.08. The highest BCUT2D eigenvalue weighted by atomic mass is 32.2. The van der Waals surface area contributed by atoms with E-state index in [1.165, 1.54) is 60.3 Å². The van der Waals surface area contributed by atoms with E-state index in [0.717, 1.165) is 6.07 Å². The Kier molecular flexibility index (Phi) is 7.22. The topological polar surface area (TPSA) is 102 Å². The number of benzene rings is 2. The molecule has 0 N–H and O–H groups in total. The second-order valence-electron chi connectivity index (χ2n) is 7.67. The van der Waals surface area contributed by atoms with E-state index in [1.54, 1.807) is 13.8 Å². The quantitative estimate of drug-likeness (QED) is 0.573. The lowest BCUT2D eigenvalue weighted by molar-refractivity contribution is 0.159. The van der Waals surface area contributed by atoms with E-state index in [4.69, 9.17) is 14.2 Å². The van der Waals surface area contributed by atoms with Crippen molar-refractivity contribution < 1.29 is 35.4 Å². The molecule has 33 heavy (non-hydrogen) atoms. The van der Waals surface area contributed by atoms with Crippen LogP contribution in [0.15, 0.2) is 46.2 Å². The van der Waals surface area contributed by atoms with Gasteiger partial charge in [-0.25, -0.2) is 21.2 Å². The normalized spacial score (nSPS) is 20.4. The second-order valence-corrected chi connectivity index (χ2v) is 11.4. The number of halogens is 1. The minimum atomic E-state index is -4.05. The van der Waals surface area contributed by atoms with Crippen LogP contribution in [-0.2, 0) is 20.0 Å². The first-order chi connectivity index (χ1) is 15.5. The van der Waals surface area contributed by atoms with Gasteiger partial charge in [0.1, 0.15) is 0 Å². The maximum Gasteiger partial charge on any atom is 0.243 e. The van der Waals surface area contributed by atoms with Gasteiger partial charge < -0.3 is 14.2 Å². The average molecular weight is 503 g/mol. The second kappa shape index (κ2) is 9.45. The molecule has 1 aliphatic heterocycles. The Balaban J connectivity index is 1.90. The first kappa shape index (κ1) is 25.2. The summed E-state index contributed by atoms with van der Waals surface area (Å²) >= 11 is 0. The Morgan fingerprint density at radius 3 is 1.73 bits per heavy atom. The molecule has 12 heteroatoms. The van der Waals surface area contributed by atoms with Crippen LogP contribution >= 0.6 is 0 Å². The lowest BCUT2D eigenvalue weighted by Crippen LogP contribution is -2.59. The molecule has 0 aliphatic carbocycles. The van der Waals surface area contributed by atoms with Gasteiger partial charge in [-0.3, -0.25) is 0 Å². The number of rotatable bonds is 7. The van der Waals surface area contributed by atoms with Crippen molar-refractivity contribution in [2.45, 2.75) is 35.7 Å². The number of methoxy groups -OCH3 is 3. The summed E-state index contributed by atoms with van der Waals surface area (Å²) in [5, 5.41) is 0. The van der Waals surface area contributed by atoms with Crippen molar-refractivity contribution in [3.05, 3.63) is 42.2 Å². The Morgan fingerprint density at radius 1 is 0.758 bits per heavy atom. The van der Waals surface area contributed by atoms with E-state index in [1.807, 2.05) is 0 Å². The highest BCUT2D eigenvalue weighted by molar-refractivity contribution is 7.89. The van der Waals surface area contributed by atoms with Crippen LogP contribution in [0.5, 0.6) is 17.2 Å². The summed E-state index contributed by atoms with van der Waals surface area (Å²) in [5.74, 6) is -0.210. The van der Waals surface area contributed by atoms with Crippen LogP contribution in [0.3, 0.4) is 0 Å². The van der Waals surface area contributed by atoms with Crippen LogP contribution in [0.2, 0.25) is 0 Å². The molecular weight excluding hydrogens is 475 g/mol. The fourth-order valence-corrected chi connectivity index (χ4v) is 7.42. The molecule has 1 heterocycles. The van der Waals surface area contributed by atoms with E-state index in [2.05, 4.69) is 0 Å². The van der Waals surface area contributed by atoms with Gasteiger partial charge in [0.25, 0.3) is 0 Å². The van der Waals surface area contributed by atoms with Gasteiger partial charge in [0, 0.05) is 31.2 Å². The molecule has 182 valence electrons. The van der Waals surface area contributed by atoms with E-state index in [0.29, 0.717) is 5.75 Å². The minimum absolute atomic E-state index is 0.00684. The van der Waals surface area contributed by atoms with Crippen molar-refractivity contribution in [2.24, 2.45) is 0 Å². The first-order valence-corrected chi connectivity index (χ1v) is 12.9. The molecule has 2 atom stereocenters. The number of nitrogens with zero attached hydrogens (tertiary/aromatic N) is 2. The molecule has 3 rings (SSSR count). The van der Waals surface area contributed by atoms with Crippen molar-refractivity contribution in [3.63, 3.8) is 0 Å². The lowest BCUT2D eigenvalue weighted by Gasteiger charge is -2.42. The molecule has 0 saturated carbocycles. The summed E-state index contributed by atoms with van der Waals surface area (Å²) in [6.07, 6.45) is 0. The molecule has 0 aromatic heterocycles. The number of ether oxygens (including phenoxy) is 3. The van der Waals surface area contributed by atoms with E-state index in [-0.39, 0.29) is 34.4 Å². The van der Waals surface area contributed by atoms with Crippen molar-refractivity contribution in [3.8, 4) is 17.2 Å². The van der Waals surface area contributed by atoms with Crippen molar-refractivity contribution in [1.29, 1.82) is 0 Å². The molecule has 9 nitrogen and oxygen atoms in total. The standard InChI is InChI=1S/C21H27FN2O7S2/c1-14-12-23(32(25,26)16-6-8-19(29-3)18(22)10-16)13-15(2)24(14)33(27,28)17-7-9-20(30-4)21(11-17)31-5/h6-11,14-15H,12-13H2,1-5H3/t14-,15+. The van der Waals surface area contributed by atoms with E-state index < -0.39 is 37.9 Å². The summed E-state index contributed by atoms with van der Waals surface area (Å²) in [7, 11) is -3.87. The molecule has 1 aliphatic rings. The van der Waals surface area contributed by atoms with Gasteiger partial charge >= 0.3 is 0 Å². The fourth-order valence-electron chi connectivity index (χ4n) is 3.98. The maximum absolute atomic E-state index is 14.1. The van der Waals surface area contributed by atoms with Gasteiger partial charge in [-0.1, -0.05) is 0 Å². The average Bonchev–Trinajstić information content (AvgIpc) is 2.77. The molecule has 1 fully saturated rings. The third kappa shape index (κ3) is 4.65. The number of hydrogen-bond donors (Lipinski definition) is 0. The summed E-state index contributed by atoms with van der Waals surface area (Å²) in [4.78, 5) is -0.219. The Morgan fingerprint density at radius 2 is 1.24 bits per heavy atom. The number of sulfonamides is 2. The molecule has 1 saturated heterocycles. The summed E-state index contributed by atoms with van der Waals surface area (Å²) < 4.78 is 84.9. The van der Waals surface area contributed by atoms with Crippen molar-refractivity contribution >= 4 is 20.0 Å². The van der Waals surface area contributed by atoms with Crippen LogP contribution in [0.1, 0.15) is 13.8 Å². The van der Waals surface area contributed by atoms with Crippen LogP contribution in [0.25, 0.3) is 0 Å². The zero-order valence-electron chi connectivity index (χ0n) is 19.0. The molecule has 2 aromatic carbocycles. The molecule has 0 spiro atoms. The largest absolute Gasteiger partial charge is 0.494 e. The Labute approximate surface area is 193 Å².